The number of hydrogen-bond acceptors (Lipinski definition) is 3. The van der Waals surface area contributed by atoms with Gasteiger partial charge in [-0.3, -0.25) is 9.59 Å². The van der Waals surface area contributed by atoms with Gasteiger partial charge in [0.15, 0.2) is 0 Å². The van der Waals surface area contributed by atoms with Gasteiger partial charge in [0.05, 0.1) is 0 Å². The van der Waals surface area contributed by atoms with Crippen LogP contribution in [0, 0.1) is 29.6 Å². The molecule has 2 saturated carbocycles. The number of piperidine rings is 1. The molecule has 5 nitrogen and oxygen atoms in total. The van der Waals surface area contributed by atoms with Gasteiger partial charge >= 0.3 is 0 Å². The predicted octanol–water partition coefficient (Wildman–Crippen LogP) is 1.79. The highest BCUT2D eigenvalue weighted by atomic mass is 16.3. The quantitative estimate of drug-likeness (QED) is 0.777. The standard InChI is InChI=1S/C19H32N2O3/c1-12(2)10-16(19(24)21-8-6-13(11-22)7-9-21)20-18(23)17-14-4-3-5-15(14)17/h12-17,22H,3-11H2,1-2H3,(H,20,23). The fourth-order valence-corrected chi connectivity index (χ4v) is 4.73. The smallest absolute Gasteiger partial charge is 0.245 e. The van der Waals surface area contributed by atoms with Gasteiger partial charge in [-0.25, -0.2) is 0 Å². The van der Waals surface area contributed by atoms with Crippen LogP contribution in [0.5, 0.6) is 0 Å². The number of likely N-dealkylation sites (tertiary alicyclic amines) is 1. The first kappa shape index (κ1) is 17.7. The fraction of sp³-hybridized carbons (Fsp3) is 0.895. The van der Waals surface area contributed by atoms with Crippen LogP contribution in [0.2, 0.25) is 0 Å². The van der Waals surface area contributed by atoms with Crippen molar-refractivity contribution in [2.45, 2.75) is 58.4 Å². The molecule has 136 valence electrons. The first-order valence-electron chi connectivity index (χ1n) is 9.71. The van der Waals surface area contributed by atoms with Crippen molar-refractivity contribution in [3.63, 3.8) is 0 Å². The van der Waals surface area contributed by atoms with Crippen LogP contribution in [0.25, 0.3) is 0 Å². The number of hydrogen-bond donors (Lipinski definition) is 2. The molecule has 3 rings (SSSR count). The molecular weight excluding hydrogens is 304 g/mol. The van der Waals surface area contributed by atoms with Crippen molar-refractivity contribution in [2.24, 2.45) is 29.6 Å². The Balaban J connectivity index is 1.56. The molecule has 2 N–H and O–H groups in total. The van der Waals surface area contributed by atoms with Gasteiger partial charge in [-0.1, -0.05) is 20.3 Å². The van der Waals surface area contributed by atoms with Gasteiger partial charge < -0.3 is 15.3 Å². The van der Waals surface area contributed by atoms with E-state index in [2.05, 4.69) is 19.2 Å². The lowest BCUT2D eigenvalue weighted by Gasteiger charge is -2.34. The lowest BCUT2D eigenvalue weighted by Crippen LogP contribution is -2.51. The average molecular weight is 336 g/mol. The number of aliphatic hydroxyl groups excluding tert-OH is 1. The normalized spacial score (nSPS) is 31.0. The fourth-order valence-electron chi connectivity index (χ4n) is 4.73. The van der Waals surface area contributed by atoms with E-state index in [4.69, 9.17) is 0 Å². The number of fused-ring (bicyclic) bond motifs is 1. The van der Waals surface area contributed by atoms with Crippen molar-refractivity contribution in [3.8, 4) is 0 Å². The lowest BCUT2D eigenvalue weighted by molar-refractivity contribution is -0.138. The Morgan fingerprint density at radius 2 is 1.75 bits per heavy atom. The second kappa shape index (κ2) is 7.42. The molecule has 3 aliphatic rings. The monoisotopic (exact) mass is 336 g/mol. The van der Waals surface area contributed by atoms with E-state index in [0.29, 0.717) is 43.2 Å². The molecule has 2 aliphatic carbocycles. The molecular formula is C19H32N2O3. The second-order valence-electron chi connectivity index (χ2n) is 8.43. The maximum Gasteiger partial charge on any atom is 0.245 e. The second-order valence-corrected chi connectivity index (χ2v) is 8.43. The molecule has 3 fully saturated rings. The maximum atomic E-state index is 12.9. The number of carbonyl (C=O) groups excluding carboxylic acids is 2. The van der Waals surface area contributed by atoms with Crippen LogP contribution < -0.4 is 5.32 Å². The van der Waals surface area contributed by atoms with E-state index >= 15 is 0 Å². The van der Waals surface area contributed by atoms with Crippen LogP contribution in [0.1, 0.15) is 52.4 Å². The van der Waals surface area contributed by atoms with Crippen molar-refractivity contribution < 1.29 is 14.7 Å². The minimum atomic E-state index is -0.385. The number of rotatable bonds is 6. The molecule has 1 heterocycles. The summed E-state index contributed by atoms with van der Waals surface area (Å²) in [6.07, 6.45) is 6.04. The summed E-state index contributed by atoms with van der Waals surface area (Å²) in [5.41, 5.74) is 0. The zero-order valence-electron chi connectivity index (χ0n) is 15.0. The van der Waals surface area contributed by atoms with Crippen molar-refractivity contribution in [2.75, 3.05) is 19.7 Å². The molecule has 1 aliphatic heterocycles. The summed E-state index contributed by atoms with van der Waals surface area (Å²) in [7, 11) is 0. The number of carbonyl (C=O) groups is 2. The third kappa shape index (κ3) is 3.76. The van der Waals surface area contributed by atoms with E-state index in [1.807, 2.05) is 4.90 Å². The summed E-state index contributed by atoms with van der Waals surface area (Å²) in [4.78, 5) is 27.4. The van der Waals surface area contributed by atoms with Gasteiger partial charge in [0.25, 0.3) is 0 Å². The number of nitrogens with one attached hydrogen (secondary N) is 1. The highest BCUT2D eigenvalue weighted by Gasteiger charge is 2.56. The SMILES string of the molecule is CC(C)CC(NC(=O)C1C2CCCC21)C(=O)N1CCC(CO)CC1. The van der Waals surface area contributed by atoms with Gasteiger partial charge in [-0.15, -0.1) is 0 Å². The van der Waals surface area contributed by atoms with Crippen molar-refractivity contribution in [1.82, 2.24) is 10.2 Å². The number of nitrogens with zero attached hydrogens (tertiary/aromatic N) is 1. The molecule has 0 bridgehead atoms. The van der Waals surface area contributed by atoms with Crippen LogP contribution in [-0.4, -0.2) is 47.6 Å². The molecule has 0 radical (unpaired) electrons. The zero-order valence-corrected chi connectivity index (χ0v) is 15.0. The van der Waals surface area contributed by atoms with Crippen LogP contribution in [0.4, 0.5) is 0 Å². The summed E-state index contributed by atoms with van der Waals surface area (Å²) < 4.78 is 0. The zero-order chi connectivity index (χ0) is 17.3. The minimum Gasteiger partial charge on any atom is -0.396 e. The van der Waals surface area contributed by atoms with Gasteiger partial charge in [0, 0.05) is 25.6 Å². The van der Waals surface area contributed by atoms with Crippen molar-refractivity contribution >= 4 is 11.8 Å². The van der Waals surface area contributed by atoms with E-state index in [1.165, 1.54) is 19.3 Å². The molecule has 3 atom stereocenters. The minimum absolute atomic E-state index is 0.0687. The molecule has 0 spiro atoms. The molecule has 0 aromatic carbocycles. The maximum absolute atomic E-state index is 12.9. The van der Waals surface area contributed by atoms with Gasteiger partial charge in [-0.05, 0) is 55.8 Å². The van der Waals surface area contributed by atoms with Crippen molar-refractivity contribution in [3.05, 3.63) is 0 Å². The molecule has 0 aromatic heterocycles. The number of aliphatic hydroxyl groups is 1. The largest absolute Gasteiger partial charge is 0.396 e. The lowest BCUT2D eigenvalue weighted by atomic mass is 9.96. The Kier molecular flexibility index (Phi) is 5.48. The third-order valence-electron chi connectivity index (χ3n) is 6.22. The Morgan fingerprint density at radius 3 is 2.29 bits per heavy atom. The molecule has 0 aromatic rings. The van der Waals surface area contributed by atoms with Gasteiger partial charge in [-0.2, -0.15) is 0 Å². The van der Waals surface area contributed by atoms with Crippen LogP contribution in [0.15, 0.2) is 0 Å². The van der Waals surface area contributed by atoms with E-state index in [9.17, 15) is 14.7 Å². The highest BCUT2D eigenvalue weighted by molar-refractivity contribution is 5.90. The molecule has 24 heavy (non-hydrogen) atoms. The van der Waals surface area contributed by atoms with Crippen LogP contribution >= 0.6 is 0 Å². The Hall–Kier alpha value is -1.10. The van der Waals surface area contributed by atoms with E-state index < -0.39 is 0 Å². The Bertz CT molecular complexity index is 461. The van der Waals surface area contributed by atoms with Crippen LogP contribution in [-0.2, 0) is 9.59 Å². The molecule has 3 unspecified atom stereocenters. The number of amides is 2. The first-order valence-corrected chi connectivity index (χ1v) is 9.71. The van der Waals surface area contributed by atoms with E-state index in [-0.39, 0.29) is 30.4 Å². The van der Waals surface area contributed by atoms with Gasteiger partial charge in [0.1, 0.15) is 6.04 Å². The molecule has 5 heteroatoms. The first-order chi connectivity index (χ1) is 11.5. The third-order valence-corrected chi connectivity index (χ3v) is 6.22. The van der Waals surface area contributed by atoms with E-state index in [0.717, 1.165) is 12.8 Å². The summed E-state index contributed by atoms with van der Waals surface area (Å²) in [5, 5.41) is 12.3. The van der Waals surface area contributed by atoms with Crippen molar-refractivity contribution in [1.29, 1.82) is 0 Å². The van der Waals surface area contributed by atoms with Crippen LogP contribution in [0.3, 0.4) is 0 Å². The average Bonchev–Trinajstić information content (AvgIpc) is 3.06. The Morgan fingerprint density at radius 1 is 1.12 bits per heavy atom. The summed E-state index contributed by atoms with van der Waals surface area (Å²) in [6.45, 7) is 5.79. The molecule has 2 amide bonds. The summed E-state index contributed by atoms with van der Waals surface area (Å²) >= 11 is 0. The summed E-state index contributed by atoms with van der Waals surface area (Å²) in [5.74, 6) is 2.20. The van der Waals surface area contributed by atoms with E-state index in [1.54, 1.807) is 0 Å². The molecule has 1 saturated heterocycles. The highest BCUT2D eigenvalue weighted by Crippen LogP contribution is 2.57. The summed E-state index contributed by atoms with van der Waals surface area (Å²) in [6, 6.07) is -0.385. The van der Waals surface area contributed by atoms with Gasteiger partial charge in [0.2, 0.25) is 11.8 Å². The Labute approximate surface area is 145 Å². The topological polar surface area (TPSA) is 69.6 Å². The predicted molar refractivity (Wildman–Crippen MR) is 92.1 cm³/mol.